The molecule has 1 saturated carbocycles. The zero-order valence-corrected chi connectivity index (χ0v) is 27.1. The number of halogens is 3. The van der Waals surface area contributed by atoms with Crippen molar-refractivity contribution in [2.24, 2.45) is 7.05 Å². The summed E-state index contributed by atoms with van der Waals surface area (Å²) in [6, 6.07) is 8.91. The average molecular weight is 733 g/mol. The molecule has 0 unspecified atom stereocenters. The molecule has 1 aliphatic carbocycles. The number of anilines is 3. The SMILES string of the molecule is Cc1c(Oc2cccc(NS(=O)(=O)NCCN(C)C)c2Cl)c(C(=O)NC2CC2)c(Nc2ccc(I)cc2F)n(C)c1=O. The topological polar surface area (TPSA) is 134 Å². The highest BCUT2D eigenvalue weighted by molar-refractivity contribution is 14.1. The van der Waals surface area contributed by atoms with E-state index < -0.39 is 27.5 Å². The van der Waals surface area contributed by atoms with E-state index in [1.165, 1.54) is 48.9 Å². The number of amides is 1. The van der Waals surface area contributed by atoms with Crippen molar-refractivity contribution < 1.29 is 22.3 Å². The Morgan fingerprint density at radius 2 is 1.93 bits per heavy atom. The van der Waals surface area contributed by atoms with E-state index in [1.54, 1.807) is 6.07 Å². The Morgan fingerprint density at radius 1 is 1.21 bits per heavy atom. The Kier molecular flexibility index (Phi) is 10.0. The molecule has 15 heteroatoms. The van der Waals surface area contributed by atoms with Gasteiger partial charge >= 0.3 is 0 Å². The number of ether oxygens (including phenoxy) is 1. The summed E-state index contributed by atoms with van der Waals surface area (Å²) >= 11 is 8.55. The third-order valence-corrected chi connectivity index (χ3v) is 8.49. The molecule has 1 fully saturated rings. The minimum Gasteiger partial charge on any atom is -0.454 e. The Hall–Kier alpha value is -2.92. The van der Waals surface area contributed by atoms with Gasteiger partial charge in [-0.1, -0.05) is 17.7 Å². The molecule has 1 aromatic heterocycles. The fourth-order valence-corrected chi connectivity index (χ4v) is 5.58. The van der Waals surface area contributed by atoms with Gasteiger partial charge in [-0.3, -0.25) is 18.9 Å². The van der Waals surface area contributed by atoms with Gasteiger partial charge in [0.15, 0.2) is 5.75 Å². The van der Waals surface area contributed by atoms with Crippen molar-refractivity contribution in [2.75, 3.05) is 37.2 Å². The van der Waals surface area contributed by atoms with E-state index in [1.807, 2.05) is 41.6 Å². The van der Waals surface area contributed by atoms with E-state index in [-0.39, 0.29) is 57.4 Å². The van der Waals surface area contributed by atoms with Gasteiger partial charge in [0.25, 0.3) is 21.7 Å². The second-order valence-electron chi connectivity index (χ2n) is 10.1. The number of nitrogens with zero attached hydrogens (tertiary/aromatic N) is 2. The fourth-order valence-electron chi connectivity index (χ4n) is 3.96. The summed E-state index contributed by atoms with van der Waals surface area (Å²) in [4.78, 5) is 28.7. The van der Waals surface area contributed by atoms with Crippen LogP contribution in [-0.2, 0) is 17.3 Å². The summed E-state index contributed by atoms with van der Waals surface area (Å²) < 4.78 is 52.8. The number of carbonyl (C=O) groups is 1. The Bertz CT molecular complexity index is 1680. The number of hydrogen-bond donors (Lipinski definition) is 4. The summed E-state index contributed by atoms with van der Waals surface area (Å²) in [5, 5.41) is 5.70. The second-order valence-corrected chi connectivity index (χ2v) is 13.2. The van der Waals surface area contributed by atoms with Crippen LogP contribution >= 0.6 is 34.2 Å². The van der Waals surface area contributed by atoms with Crippen LogP contribution in [0.5, 0.6) is 11.5 Å². The van der Waals surface area contributed by atoms with Gasteiger partial charge in [0, 0.05) is 29.7 Å². The van der Waals surface area contributed by atoms with Crippen molar-refractivity contribution >= 4 is 67.5 Å². The van der Waals surface area contributed by atoms with Crippen molar-refractivity contribution in [1.82, 2.24) is 19.5 Å². The van der Waals surface area contributed by atoms with Gasteiger partial charge in [-0.05, 0) is 86.8 Å². The standard InChI is InChI=1S/C27H31ClFIN6O5S/c1-15-24(41-21-7-5-6-20(23(21)28)34-42(39,40)31-12-13-35(2)3)22(26(37)32-17-9-10-17)25(36(4)27(15)38)33-19-11-8-16(30)14-18(19)29/h5-8,11,14,17,31,33-34H,9-10,12-13H2,1-4H3,(H,32,37). The van der Waals surface area contributed by atoms with Crippen molar-refractivity contribution in [3.8, 4) is 11.5 Å². The largest absolute Gasteiger partial charge is 0.454 e. The molecule has 0 spiro atoms. The molecule has 0 atom stereocenters. The Labute approximate surface area is 262 Å². The van der Waals surface area contributed by atoms with E-state index in [0.717, 1.165) is 12.8 Å². The van der Waals surface area contributed by atoms with Gasteiger partial charge in [0.2, 0.25) is 0 Å². The lowest BCUT2D eigenvalue weighted by Crippen LogP contribution is -2.35. The van der Waals surface area contributed by atoms with Crippen molar-refractivity contribution in [3.05, 3.63) is 72.3 Å². The first-order valence-corrected chi connectivity index (χ1v) is 15.9. The predicted molar refractivity (Wildman–Crippen MR) is 170 cm³/mol. The van der Waals surface area contributed by atoms with E-state index in [2.05, 4.69) is 20.1 Å². The van der Waals surface area contributed by atoms with E-state index >= 15 is 0 Å². The molecule has 1 heterocycles. The van der Waals surface area contributed by atoms with Gasteiger partial charge in [0.1, 0.15) is 28.0 Å². The number of aromatic nitrogens is 1. The summed E-state index contributed by atoms with van der Waals surface area (Å²) in [7, 11) is 1.12. The molecule has 1 amide bonds. The summed E-state index contributed by atoms with van der Waals surface area (Å²) in [6.07, 6.45) is 1.61. The lowest BCUT2D eigenvalue weighted by Gasteiger charge is -2.22. The summed E-state index contributed by atoms with van der Waals surface area (Å²) in [5.74, 6) is -1.20. The molecule has 42 heavy (non-hydrogen) atoms. The van der Waals surface area contributed by atoms with Crippen molar-refractivity contribution in [2.45, 2.75) is 25.8 Å². The molecule has 226 valence electrons. The molecule has 0 bridgehead atoms. The van der Waals surface area contributed by atoms with E-state index in [0.29, 0.717) is 10.1 Å². The number of nitrogens with one attached hydrogen (secondary N) is 4. The fraction of sp³-hybridized carbons (Fsp3) is 0.333. The van der Waals surface area contributed by atoms with Crippen LogP contribution < -0.4 is 30.4 Å². The lowest BCUT2D eigenvalue weighted by atomic mass is 10.1. The van der Waals surface area contributed by atoms with Crippen LogP contribution in [0.25, 0.3) is 0 Å². The summed E-state index contributed by atoms with van der Waals surface area (Å²) in [5.41, 5.74) is -0.362. The van der Waals surface area contributed by atoms with Crippen LogP contribution in [0, 0.1) is 16.3 Å². The molecule has 4 rings (SSSR count). The molecule has 1 aliphatic rings. The van der Waals surface area contributed by atoms with Crippen LogP contribution in [0.1, 0.15) is 28.8 Å². The number of hydrogen-bond acceptors (Lipinski definition) is 7. The van der Waals surface area contributed by atoms with Crippen LogP contribution in [0.4, 0.5) is 21.6 Å². The smallest absolute Gasteiger partial charge is 0.299 e. The monoisotopic (exact) mass is 732 g/mol. The van der Waals surface area contributed by atoms with Crippen LogP contribution in [0.15, 0.2) is 41.2 Å². The maximum Gasteiger partial charge on any atom is 0.299 e. The van der Waals surface area contributed by atoms with E-state index in [4.69, 9.17) is 16.3 Å². The summed E-state index contributed by atoms with van der Waals surface area (Å²) in [6.45, 7) is 2.14. The number of pyridine rings is 1. The zero-order valence-electron chi connectivity index (χ0n) is 23.3. The lowest BCUT2D eigenvalue weighted by molar-refractivity contribution is 0.0948. The maximum atomic E-state index is 14.8. The minimum atomic E-state index is -3.97. The molecule has 11 nitrogen and oxygen atoms in total. The number of rotatable bonds is 12. The number of benzene rings is 2. The van der Waals surface area contributed by atoms with Gasteiger partial charge < -0.3 is 20.3 Å². The molecular formula is C27H31ClFIN6O5S. The number of carbonyl (C=O) groups excluding carboxylic acids is 1. The van der Waals surface area contributed by atoms with Crippen LogP contribution in [-0.4, -0.2) is 57.0 Å². The minimum absolute atomic E-state index is 0.00613. The van der Waals surface area contributed by atoms with Crippen molar-refractivity contribution in [1.29, 1.82) is 0 Å². The first-order chi connectivity index (χ1) is 19.8. The Balaban J connectivity index is 1.77. The second kappa shape index (κ2) is 13.2. The molecule has 0 radical (unpaired) electrons. The normalized spacial score (nSPS) is 13.2. The van der Waals surface area contributed by atoms with Gasteiger partial charge in [-0.2, -0.15) is 13.1 Å². The van der Waals surface area contributed by atoms with Crippen molar-refractivity contribution in [3.63, 3.8) is 0 Å². The first-order valence-electron chi connectivity index (χ1n) is 12.9. The molecular weight excluding hydrogens is 702 g/mol. The molecule has 0 aliphatic heterocycles. The van der Waals surface area contributed by atoms with Gasteiger partial charge in [-0.15, -0.1) is 0 Å². The third-order valence-electron chi connectivity index (χ3n) is 6.36. The highest BCUT2D eigenvalue weighted by Gasteiger charge is 2.31. The zero-order chi connectivity index (χ0) is 30.8. The van der Waals surface area contributed by atoms with Gasteiger partial charge in [-0.25, -0.2) is 4.39 Å². The molecule has 4 N–H and O–H groups in total. The third kappa shape index (κ3) is 7.72. The average Bonchev–Trinajstić information content (AvgIpc) is 3.72. The highest BCUT2D eigenvalue weighted by Crippen LogP contribution is 2.39. The first kappa shape index (κ1) is 32.0. The van der Waals surface area contributed by atoms with Crippen LogP contribution in [0.3, 0.4) is 0 Å². The molecule has 0 saturated heterocycles. The quantitative estimate of drug-likeness (QED) is 0.204. The maximum absolute atomic E-state index is 14.8. The molecule has 3 aromatic rings. The Morgan fingerprint density at radius 3 is 2.57 bits per heavy atom. The van der Waals surface area contributed by atoms with E-state index in [9.17, 15) is 22.4 Å². The van der Waals surface area contributed by atoms with Crippen LogP contribution in [0.2, 0.25) is 5.02 Å². The predicted octanol–water partition coefficient (Wildman–Crippen LogP) is 4.33. The molecule has 2 aromatic carbocycles. The number of likely N-dealkylation sites (N-methyl/N-ethyl adjacent to an activating group) is 1. The highest BCUT2D eigenvalue weighted by atomic mass is 127. The van der Waals surface area contributed by atoms with Gasteiger partial charge in [0.05, 0.1) is 16.9 Å².